The molecule has 0 fully saturated rings. The predicted molar refractivity (Wildman–Crippen MR) is 112 cm³/mol. The number of halogens is 1. The van der Waals surface area contributed by atoms with Crippen molar-refractivity contribution in [3.63, 3.8) is 0 Å². The molecule has 0 aliphatic heterocycles. The lowest BCUT2D eigenvalue weighted by Gasteiger charge is -2.31. The predicted octanol–water partition coefficient (Wildman–Crippen LogP) is 3.73. The van der Waals surface area contributed by atoms with Gasteiger partial charge in [-0.2, -0.15) is 0 Å². The van der Waals surface area contributed by atoms with Gasteiger partial charge in [0.1, 0.15) is 6.04 Å². The molecule has 154 valence electrons. The maximum Gasteiger partial charge on any atom is 0.273 e. The molecular weight excluding hydrogens is 394 g/mol. The molecule has 0 radical (unpaired) electrons. The maximum absolute atomic E-state index is 13.2. The van der Waals surface area contributed by atoms with Crippen LogP contribution in [-0.2, 0) is 22.6 Å². The van der Waals surface area contributed by atoms with Gasteiger partial charge in [0.05, 0.1) is 11.3 Å². The quantitative estimate of drug-likeness (QED) is 0.497. The Morgan fingerprint density at radius 2 is 1.72 bits per heavy atom. The first-order chi connectivity index (χ1) is 13.9. The standard InChI is InChI=1S/C21H24ClN3O4/c1-3-18(21(27)23-4-2)24(14-16-10-5-7-11-17(16)22)20(26)13-15-9-6-8-12-19(15)25(28)29/h5-12,18H,3-4,13-14H2,1-2H3,(H,23,27)/t18-/m1/s1. The number of nitro groups is 1. The molecule has 2 aromatic carbocycles. The van der Waals surface area contributed by atoms with Crippen LogP contribution in [0.4, 0.5) is 5.69 Å². The molecule has 0 saturated carbocycles. The van der Waals surface area contributed by atoms with E-state index in [0.29, 0.717) is 29.1 Å². The molecular formula is C21H24ClN3O4. The van der Waals surface area contributed by atoms with Gasteiger partial charge in [0, 0.05) is 29.7 Å². The molecule has 0 spiro atoms. The molecule has 0 aliphatic rings. The van der Waals surface area contributed by atoms with E-state index in [1.807, 2.05) is 6.92 Å². The highest BCUT2D eigenvalue weighted by atomic mass is 35.5. The second-order valence-electron chi connectivity index (χ2n) is 6.49. The van der Waals surface area contributed by atoms with Crippen molar-refractivity contribution in [1.82, 2.24) is 10.2 Å². The average molecular weight is 418 g/mol. The number of hydrogen-bond donors (Lipinski definition) is 1. The van der Waals surface area contributed by atoms with Gasteiger partial charge in [-0.1, -0.05) is 54.9 Å². The molecule has 2 amide bonds. The topological polar surface area (TPSA) is 92.6 Å². The van der Waals surface area contributed by atoms with E-state index in [9.17, 15) is 19.7 Å². The van der Waals surface area contributed by atoms with Gasteiger partial charge >= 0.3 is 0 Å². The summed E-state index contributed by atoms with van der Waals surface area (Å²) in [4.78, 5) is 38.0. The number of carbonyl (C=O) groups excluding carboxylic acids is 2. The third kappa shape index (κ3) is 5.77. The molecule has 2 rings (SSSR count). The number of nitrogens with zero attached hydrogens (tertiary/aromatic N) is 2. The smallest absolute Gasteiger partial charge is 0.273 e. The van der Waals surface area contributed by atoms with Crippen LogP contribution in [0.5, 0.6) is 0 Å². The molecule has 1 N–H and O–H groups in total. The van der Waals surface area contributed by atoms with Gasteiger partial charge in [-0.25, -0.2) is 0 Å². The molecule has 0 aromatic heterocycles. The Kier molecular flexibility index (Phi) is 8.15. The highest BCUT2D eigenvalue weighted by Crippen LogP contribution is 2.23. The summed E-state index contributed by atoms with van der Waals surface area (Å²) in [6.07, 6.45) is 0.219. The Morgan fingerprint density at radius 1 is 1.10 bits per heavy atom. The number of amides is 2. The molecule has 0 saturated heterocycles. The average Bonchev–Trinajstić information content (AvgIpc) is 2.69. The zero-order valence-corrected chi connectivity index (χ0v) is 17.2. The van der Waals surface area contributed by atoms with E-state index in [4.69, 9.17) is 11.6 Å². The van der Waals surface area contributed by atoms with Crippen molar-refractivity contribution >= 4 is 29.1 Å². The number of carbonyl (C=O) groups is 2. The summed E-state index contributed by atoms with van der Waals surface area (Å²) in [5.41, 5.74) is 0.884. The third-order valence-corrected chi connectivity index (χ3v) is 4.93. The van der Waals surface area contributed by atoms with Crippen molar-refractivity contribution in [2.75, 3.05) is 6.54 Å². The first-order valence-corrected chi connectivity index (χ1v) is 9.79. The van der Waals surface area contributed by atoms with Gasteiger partial charge in [0.15, 0.2) is 0 Å². The van der Waals surface area contributed by atoms with Gasteiger partial charge in [-0.15, -0.1) is 0 Å². The van der Waals surface area contributed by atoms with Crippen LogP contribution in [0, 0.1) is 10.1 Å². The molecule has 29 heavy (non-hydrogen) atoms. The Morgan fingerprint density at radius 3 is 2.31 bits per heavy atom. The fourth-order valence-corrected chi connectivity index (χ4v) is 3.32. The van der Waals surface area contributed by atoms with E-state index in [0.717, 1.165) is 0 Å². The van der Waals surface area contributed by atoms with E-state index in [2.05, 4.69) is 5.32 Å². The lowest BCUT2D eigenvalue weighted by atomic mass is 10.1. The highest BCUT2D eigenvalue weighted by molar-refractivity contribution is 6.31. The number of nitrogens with one attached hydrogen (secondary N) is 1. The lowest BCUT2D eigenvalue weighted by molar-refractivity contribution is -0.385. The minimum Gasteiger partial charge on any atom is -0.355 e. The molecule has 2 aromatic rings. The fraction of sp³-hybridized carbons (Fsp3) is 0.333. The SMILES string of the molecule is CCNC(=O)[C@@H](CC)N(Cc1ccccc1Cl)C(=O)Cc1ccccc1[N+](=O)[O-]. The first-order valence-electron chi connectivity index (χ1n) is 9.41. The Hall–Kier alpha value is -2.93. The van der Waals surface area contributed by atoms with Crippen molar-refractivity contribution < 1.29 is 14.5 Å². The number of hydrogen-bond acceptors (Lipinski definition) is 4. The molecule has 0 heterocycles. The largest absolute Gasteiger partial charge is 0.355 e. The summed E-state index contributed by atoms with van der Waals surface area (Å²) in [7, 11) is 0. The summed E-state index contributed by atoms with van der Waals surface area (Å²) in [6.45, 7) is 4.19. The van der Waals surface area contributed by atoms with Crippen LogP contribution in [0.3, 0.4) is 0 Å². The number of nitro benzene ring substituents is 1. The van der Waals surface area contributed by atoms with Crippen molar-refractivity contribution in [2.45, 2.75) is 39.3 Å². The number of para-hydroxylation sites is 1. The van der Waals surface area contributed by atoms with Crippen LogP contribution in [0.1, 0.15) is 31.4 Å². The molecule has 0 aliphatic carbocycles. The first kappa shape index (κ1) is 22.4. The van der Waals surface area contributed by atoms with Crippen LogP contribution in [0.15, 0.2) is 48.5 Å². The van der Waals surface area contributed by atoms with Crippen LogP contribution in [-0.4, -0.2) is 34.2 Å². The highest BCUT2D eigenvalue weighted by Gasteiger charge is 2.30. The number of likely N-dealkylation sites (N-methyl/N-ethyl adjacent to an activating group) is 1. The second kappa shape index (κ2) is 10.6. The summed E-state index contributed by atoms with van der Waals surface area (Å²) in [5, 5.41) is 14.5. The third-order valence-electron chi connectivity index (χ3n) is 4.57. The number of benzene rings is 2. The Labute approximate surface area is 174 Å². The van der Waals surface area contributed by atoms with Crippen LogP contribution >= 0.6 is 11.6 Å². The number of rotatable bonds is 9. The van der Waals surface area contributed by atoms with Crippen molar-refractivity contribution in [2.24, 2.45) is 0 Å². The van der Waals surface area contributed by atoms with Gasteiger partial charge in [0.2, 0.25) is 11.8 Å². The van der Waals surface area contributed by atoms with Crippen LogP contribution in [0.25, 0.3) is 0 Å². The van der Waals surface area contributed by atoms with E-state index >= 15 is 0 Å². The fourth-order valence-electron chi connectivity index (χ4n) is 3.12. The summed E-state index contributed by atoms with van der Waals surface area (Å²) >= 11 is 6.26. The van der Waals surface area contributed by atoms with Gasteiger partial charge in [-0.3, -0.25) is 19.7 Å². The Balaban J connectivity index is 2.38. The van der Waals surface area contributed by atoms with Gasteiger partial charge in [0.25, 0.3) is 5.69 Å². The molecule has 1 atom stereocenters. The molecule has 0 unspecified atom stereocenters. The second-order valence-corrected chi connectivity index (χ2v) is 6.90. The summed E-state index contributed by atoms with van der Waals surface area (Å²) in [5.74, 6) is -0.643. The zero-order chi connectivity index (χ0) is 21.4. The van der Waals surface area contributed by atoms with Crippen molar-refractivity contribution in [1.29, 1.82) is 0 Å². The molecule has 0 bridgehead atoms. The van der Waals surface area contributed by atoms with Crippen molar-refractivity contribution in [3.05, 3.63) is 74.8 Å². The normalized spacial score (nSPS) is 11.6. The van der Waals surface area contributed by atoms with Crippen LogP contribution in [0.2, 0.25) is 5.02 Å². The lowest BCUT2D eigenvalue weighted by Crippen LogP contribution is -2.49. The molecule has 8 heteroatoms. The van der Waals surface area contributed by atoms with Gasteiger partial charge < -0.3 is 10.2 Å². The molecule has 7 nitrogen and oxygen atoms in total. The van der Waals surface area contributed by atoms with E-state index in [1.54, 1.807) is 49.4 Å². The maximum atomic E-state index is 13.2. The van der Waals surface area contributed by atoms with E-state index < -0.39 is 11.0 Å². The Bertz CT molecular complexity index is 888. The van der Waals surface area contributed by atoms with E-state index in [-0.39, 0.29) is 30.5 Å². The summed E-state index contributed by atoms with van der Waals surface area (Å²) < 4.78 is 0. The zero-order valence-electron chi connectivity index (χ0n) is 16.4. The van der Waals surface area contributed by atoms with Crippen LogP contribution < -0.4 is 5.32 Å². The van der Waals surface area contributed by atoms with Crippen molar-refractivity contribution in [3.8, 4) is 0 Å². The van der Waals surface area contributed by atoms with E-state index in [1.165, 1.54) is 11.0 Å². The summed E-state index contributed by atoms with van der Waals surface area (Å²) in [6, 6.07) is 12.5. The minimum atomic E-state index is -0.707. The van der Waals surface area contributed by atoms with Gasteiger partial charge in [-0.05, 0) is 25.0 Å². The minimum absolute atomic E-state index is 0.121. The monoisotopic (exact) mass is 417 g/mol.